The van der Waals surface area contributed by atoms with Crippen molar-refractivity contribution in [2.24, 2.45) is 0 Å². The minimum Gasteiger partial charge on any atom is -0.314 e. The molecular formula is C11H25NS. The summed E-state index contributed by atoms with van der Waals surface area (Å²) in [7, 11) is 0. The molecule has 1 unspecified atom stereocenters. The van der Waals surface area contributed by atoms with Crippen LogP contribution in [0.3, 0.4) is 0 Å². The third kappa shape index (κ3) is 8.63. The highest BCUT2D eigenvalue weighted by atomic mass is 32.2. The molecule has 0 aromatic rings. The smallest absolute Gasteiger partial charge is 0.00643 e. The summed E-state index contributed by atoms with van der Waals surface area (Å²) in [4.78, 5) is 0. The Morgan fingerprint density at radius 1 is 1.15 bits per heavy atom. The second kappa shape index (κ2) is 10.4. The Kier molecular flexibility index (Phi) is 10.6. The Labute approximate surface area is 88.1 Å². The van der Waals surface area contributed by atoms with E-state index in [0.717, 1.165) is 12.6 Å². The SMILES string of the molecule is CCNC(CC)CCCCCSC. The predicted molar refractivity (Wildman–Crippen MR) is 64.6 cm³/mol. The summed E-state index contributed by atoms with van der Waals surface area (Å²) in [6.07, 6.45) is 9.01. The zero-order valence-corrected chi connectivity index (χ0v) is 10.3. The first-order valence-corrected chi connectivity index (χ1v) is 6.96. The summed E-state index contributed by atoms with van der Waals surface area (Å²) in [6.45, 7) is 5.58. The Balaban J connectivity index is 3.17. The lowest BCUT2D eigenvalue weighted by Crippen LogP contribution is -2.27. The van der Waals surface area contributed by atoms with E-state index in [1.807, 2.05) is 11.8 Å². The van der Waals surface area contributed by atoms with Gasteiger partial charge < -0.3 is 5.32 Å². The van der Waals surface area contributed by atoms with Crippen molar-refractivity contribution in [1.29, 1.82) is 0 Å². The molecule has 1 nitrogen and oxygen atoms in total. The molecule has 1 atom stereocenters. The van der Waals surface area contributed by atoms with Crippen LogP contribution in [0, 0.1) is 0 Å². The molecule has 0 saturated heterocycles. The van der Waals surface area contributed by atoms with E-state index < -0.39 is 0 Å². The summed E-state index contributed by atoms with van der Waals surface area (Å²) in [5.41, 5.74) is 0. The normalized spacial score (nSPS) is 13.2. The molecule has 80 valence electrons. The minimum absolute atomic E-state index is 0.763. The second-order valence-electron chi connectivity index (χ2n) is 3.50. The van der Waals surface area contributed by atoms with Gasteiger partial charge in [0, 0.05) is 6.04 Å². The number of thioether (sulfide) groups is 1. The largest absolute Gasteiger partial charge is 0.314 e. The fourth-order valence-corrected chi connectivity index (χ4v) is 2.05. The molecular weight excluding hydrogens is 178 g/mol. The molecule has 0 rings (SSSR count). The topological polar surface area (TPSA) is 12.0 Å². The highest BCUT2D eigenvalue weighted by Crippen LogP contribution is 2.08. The average Bonchev–Trinajstić information content (AvgIpc) is 2.16. The van der Waals surface area contributed by atoms with Crippen molar-refractivity contribution >= 4 is 11.8 Å². The van der Waals surface area contributed by atoms with Crippen molar-refractivity contribution in [3.05, 3.63) is 0 Å². The molecule has 0 aliphatic rings. The molecule has 0 bridgehead atoms. The van der Waals surface area contributed by atoms with Crippen molar-refractivity contribution in [3.8, 4) is 0 Å². The summed E-state index contributed by atoms with van der Waals surface area (Å²) in [5, 5.41) is 3.52. The summed E-state index contributed by atoms with van der Waals surface area (Å²) in [6, 6.07) is 0.763. The van der Waals surface area contributed by atoms with Crippen LogP contribution in [0.1, 0.15) is 46.0 Å². The molecule has 1 N–H and O–H groups in total. The fraction of sp³-hybridized carbons (Fsp3) is 1.00. The van der Waals surface area contributed by atoms with Gasteiger partial charge in [0.05, 0.1) is 0 Å². The first-order valence-electron chi connectivity index (χ1n) is 5.57. The van der Waals surface area contributed by atoms with Crippen molar-refractivity contribution in [2.75, 3.05) is 18.6 Å². The van der Waals surface area contributed by atoms with Gasteiger partial charge >= 0.3 is 0 Å². The Hall–Kier alpha value is 0.310. The van der Waals surface area contributed by atoms with E-state index in [2.05, 4.69) is 25.4 Å². The van der Waals surface area contributed by atoms with Crippen LogP contribution in [0.5, 0.6) is 0 Å². The van der Waals surface area contributed by atoms with Gasteiger partial charge in [0.2, 0.25) is 0 Å². The second-order valence-corrected chi connectivity index (χ2v) is 4.49. The standard InChI is InChI=1S/C11H25NS/c1-4-11(12-5-2)9-7-6-8-10-13-3/h11-12H,4-10H2,1-3H3. The minimum atomic E-state index is 0.763. The molecule has 2 heteroatoms. The van der Waals surface area contributed by atoms with E-state index in [4.69, 9.17) is 0 Å². The van der Waals surface area contributed by atoms with E-state index in [9.17, 15) is 0 Å². The molecule has 0 heterocycles. The van der Waals surface area contributed by atoms with Crippen LogP contribution in [-0.2, 0) is 0 Å². The number of nitrogens with one attached hydrogen (secondary N) is 1. The van der Waals surface area contributed by atoms with Crippen molar-refractivity contribution in [3.63, 3.8) is 0 Å². The van der Waals surface area contributed by atoms with E-state index >= 15 is 0 Å². The number of unbranched alkanes of at least 4 members (excludes halogenated alkanes) is 2. The first kappa shape index (κ1) is 13.3. The lowest BCUT2D eigenvalue weighted by Gasteiger charge is -2.14. The van der Waals surface area contributed by atoms with Crippen LogP contribution >= 0.6 is 11.8 Å². The Bertz CT molecular complexity index is 96.1. The first-order chi connectivity index (χ1) is 6.35. The maximum atomic E-state index is 3.52. The third-order valence-corrected chi connectivity index (χ3v) is 3.08. The van der Waals surface area contributed by atoms with Gasteiger partial charge in [-0.2, -0.15) is 11.8 Å². The van der Waals surface area contributed by atoms with Crippen LogP contribution in [0.25, 0.3) is 0 Å². The van der Waals surface area contributed by atoms with Crippen molar-refractivity contribution in [2.45, 2.75) is 52.0 Å². The molecule has 0 spiro atoms. The number of hydrogen-bond acceptors (Lipinski definition) is 2. The molecule has 0 saturated carbocycles. The highest BCUT2D eigenvalue weighted by Gasteiger charge is 2.02. The van der Waals surface area contributed by atoms with Gasteiger partial charge in [0.25, 0.3) is 0 Å². The Morgan fingerprint density at radius 3 is 2.46 bits per heavy atom. The monoisotopic (exact) mass is 203 g/mol. The quantitative estimate of drug-likeness (QED) is 0.577. The predicted octanol–water partition coefficient (Wildman–Crippen LogP) is 3.30. The molecule has 0 aromatic heterocycles. The van der Waals surface area contributed by atoms with E-state index in [1.54, 1.807) is 0 Å². The van der Waals surface area contributed by atoms with Crippen molar-refractivity contribution < 1.29 is 0 Å². The van der Waals surface area contributed by atoms with Gasteiger partial charge in [0.1, 0.15) is 0 Å². The van der Waals surface area contributed by atoms with Gasteiger partial charge in [-0.25, -0.2) is 0 Å². The molecule has 13 heavy (non-hydrogen) atoms. The van der Waals surface area contributed by atoms with Crippen LogP contribution in [0.4, 0.5) is 0 Å². The van der Waals surface area contributed by atoms with Crippen LogP contribution in [0.2, 0.25) is 0 Å². The highest BCUT2D eigenvalue weighted by molar-refractivity contribution is 7.98. The number of hydrogen-bond donors (Lipinski definition) is 1. The lowest BCUT2D eigenvalue weighted by molar-refractivity contribution is 0.459. The van der Waals surface area contributed by atoms with Gasteiger partial charge in [-0.15, -0.1) is 0 Å². The van der Waals surface area contributed by atoms with Crippen molar-refractivity contribution in [1.82, 2.24) is 5.32 Å². The molecule has 0 radical (unpaired) electrons. The average molecular weight is 203 g/mol. The van der Waals surface area contributed by atoms with Gasteiger partial charge in [-0.3, -0.25) is 0 Å². The maximum Gasteiger partial charge on any atom is 0.00643 e. The fourth-order valence-electron chi connectivity index (χ4n) is 1.55. The number of rotatable bonds is 9. The summed E-state index contributed by atoms with van der Waals surface area (Å²) >= 11 is 1.96. The van der Waals surface area contributed by atoms with Gasteiger partial charge in [-0.1, -0.05) is 26.7 Å². The molecule has 0 aromatic carbocycles. The molecule has 0 aliphatic carbocycles. The van der Waals surface area contributed by atoms with E-state index in [-0.39, 0.29) is 0 Å². The van der Waals surface area contributed by atoms with Crippen LogP contribution in [-0.4, -0.2) is 24.6 Å². The van der Waals surface area contributed by atoms with Gasteiger partial charge in [0.15, 0.2) is 0 Å². The van der Waals surface area contributed by atoms with Crippen LogP contribution < -0.4 is 5.32 Å². The zero-order chi connectivity index (χ0) is 9.94. The molecule has 0 aliphatic heterocycles. The summed E-state index contributed by atoms with van der Waals surface area (Å²) < 4.78 is 0. The lowest BCUT2D eigenvalue weighted by atomic mass is 10.1. The van der Waals surface area contributed by atoms with Gasteiger partial charge in [-0.05, 0) is 37.8 Å². The Morgan fingerprint density at radius 2 is 1.92 bits per heavy atom. The summed E-state index contributed by atoms with van der Waals surface area (Å²) in [5.74, 6) is 1.33. The maximum absolute atomic E-state index is 3.52. The van der Waals surface area contributed by atoms with Crippen LogP contribution in [0.15, 0.2) is 0 Å². The molecule has 0 amide bonds. The molecule has 0 fully saturated rings. The van der Waals surface area contributed by atoms with E-state index in [1.165, 1.54) is 37.9 Å². The van der Waals surface area contributed by atoms with E-state index in [0.29, 0.717) is 0 Å². The zero-order valence-electron chi connectivity index (χ0n) is 9.44. The third-order valence-electron chi connectivity index (χ3n) is 2.39.